The molecular formula is C10H13N7O2. The molecule has 1 saturated carbocycles. The topological polar surface area (TPSA) is 99.6 Å². The molecule has 0 unspecified atom stereocenters. The zero-order valence-corrected chi connectivity index (χ0v) is 10.4. The van der Waals surface area contributed by atoms with Gasteiger partial charge in [0.05, 0.1) is 6.20 Å². The van der Waals surface area contributed by atoms with Crippen LogP contribution in [0.15, 0.2) is 17.3 Å². The van der Waals surface area contributed by atoms with Gasteiger partial charge in [-0.3, -0.25) is 14.9 Å². The van der Waals surface area contributed by atoms with Crippen LogP contribution in [0.5, 0.6) is 0 Å². The van der Waals surface area contributed by atoms with Crippen molar-refractivity contribution in [3.05, 3.63) is 28.7 Å². The lowest BCUT2D eigenvalue weighted by molar-refractivity contribution is 0.100. The standard InChI is InChI=1S/C10H13N7O2/c1-15-10(19)17(6-11-15)13-9(18)8-5-16(14-12-8)4-7-2-3-7/h5-7H,2-4H2,1H3,(H,13,18). The Hall–Kier alpha value is -2.45. The van der Waals surface area contributed by atoms with E-state index in [1.54, 1.807) is 10.9 Å². The Morgan fingerprint density at radius 2 is 2.32 bits per heavy atom. The van der Waals surface area contributed by atoms with Crippen molar-refractivity contribution in [1.82, 2.24) is 29.5 Å². The van der Waals surface area contributed by atoms with Crippen molar-refractivity contribution in [2.24, 2.45) is 13.0 Å². The van der Waals surface area contributed by atoms with Crippen molar-refractivity contribution in [3.8, 4) is 0 Å². The summed E-state index contributed by atoms with van der Waals surface area (Å²) in [7, 11) is 1.50. The van der Waals surface area contributed by atoms with Crippen LogP contribution in [0.3, 0.4) is 0 Å². The number of aryl methyl sites for hydroxylation is 1. The van der Waals surface area contributed by atoms with Gasteiger partial charge < -0.3 is 0 Å². The second-order valence-electron chi connectivity index (χ2n) is 4.62. The van der Waals surface area contributed by atoms with Crippen molar-refractivity contribution in [2.75, 3.05) is 5.43 Å². The summed E-state index contributed by atoms with van der Waals surface area (Å²) < 4.78 is 3.77. The highest BCUT2D eigenvalue weighted by molar-refractivity contribution is 5.97. The molecule has 1 aliphatic carbocycles. The Kier molecular flexibility index (Phi) is 2.65. The van der Waals surface area contributed by atoms with Gasteiger partial charge in [0.25, 0.3) is 5.91 Å². The van der Waals surface area contributed by atoms with E-state index in [1.165, 1.54) is 26.2 Å². The van der Waals surface area contributed by atoms with Crippen molar-refractivity contribution in [1.29, 1.82) is 0 Å². The summed E-state index contributed by atoms with van der Waals surface area (Å²) in [4.78, 5) is 23.4. The first kappa shape index (κ1) is 11.6. The Morgan fingerprint density at radius 3 is 2.95 bits per heavy atom. The molecule has 0 aliphatic heterocycles. The van der Waals surface area contributed by atoms with Crippen molar-refractivity contribution < 1.29 is 4.79 Å². The first-order valence-corrected chi connectivity index (χ1v) is 5.95. The van der Waals surface area contributed by atoms with Crippen molar-refractivity contribution >= 4 is 5.91 Å². The summed E-state index contributed by atoms with van der Waals surface area (Å²) in [6.45, 7) is 0.785. The van der Waals surface area contributed by atoms with Crippen LogP contribution >= 0.6 is 0 Å². The molecule has 1 aliphatic rings. The van der Waals surface area contributed by atoms with Crippen molar-refractivity contribution in [3.63, 3.8) is 0 Å². The predicted octanol–water partition coefficient (Wildman–Crippen LogP) is -1.03. The number of hydrogen-bond acceptors (Lipinski definition) is 5. The molecule has 0 spiro atoms. The number of nitrogens with one attached hydrogen (secondary N) is 1. The summed E-state index contributed by atoms with van der Waals surface area (Å²) in [5, 5.41) is 11.4. The molecule has 0 atom stereocenters. The zero-order chi connectivity index (χ0) is 13.4. The first-order valence-electron chi connectivity index (χ1n) is 5.95. The van der Waals surface area contributed by atoms with Crippen LogP contribution in [0, 0.1) is 5.92 Å². The molecule has 3 rings (SSSR count). The van der Waals surface area contributed by atoms with Crippen LogP contribution in [-0.2, 0) is 13.6 Å². The highest BCUT2D eigenvalue weighted by Gasteiger charge is 2.23. The van der Waals surface area contributed by atoms with Gasteiger partial charge in [0.1, 0.15) is 6.33 Å². The third-order valence-corrected chi connectivity index (χ3v) is 2.96. The Bertz CT molecular complexity index is 663. The van der Waals surface area contributed by atoms with Gasteiger partial charge in [0.2, 0.25) is 0 Å². The van der Waals surface area contributed by atoms with E-state index in [4.69, 9.17) is 0 Å². The van der Waals surface area contributed by atoms with Crippen LogP contribution in [0.4, 0.5) is 0 Å². The van der Waals surface area contributed by atoms with Gasteiger partial charge in [-0.15, -0.1) is 5.10 Å². The van der Waals surface area contributed by atoms with Crippen LogP contribution in [0.25, 0.3) is 0 Å². The van der Waals surface area contributed by atoms with Crippen LogP contribution in [0.1, 0.15) is 23.3 Å². The molecule has 2 heterocycles. The maximum atomic E-state index is 11.9. The third kappa shape index (κ3) is 2.39. The summed E-state index contributed by atoms with van der Waals surface area (Å²) in [5.74, 6) is 0.163. The monoisotopic (exact) mass is 263 g/mol. The number of hydrogen-bond donors (Lipinski definition) is 1. The minimum atomic E-state index is -0.489. The van der Waals surface area contributed by atoms with Gasteiger partial charge in [-0.1, -0.05) is 5.21 Å². The molecule has 0 aromatic carbocycles. The average Bonchev–Trinajstić information content (AvgIpc) is 2.99. The van der Waals surface area contributed by atoms with Gasteiger partial charge in [-0.05, 0) is 18.8 Å². The zero-order valence-electron chi connectivity index (χ0n) is 10.4. The summed E-state index contributed by atoms with van der Waals surface area (Å²) in [6, 6.07) is 0. The molecule has 0 bridgehead atoms. The van der Waals surface area contributed by atoms with E-state index in [1.807, 2.05) is 0 Å². The second-order valence-corrected chi connectivity index (χ2v) is 4.62. The second kappa shape index (κ2) is 4.34. The molecule has 1 fully saturated rings. The first-order chi connectivity index (χ1) is 9.13. The Labute approximate surface area is 107 Å². The lowest BCUT2D eigenvalue weighted by atomic mass is 10.4. The van der Waals surface area contributed by atoms with E-state index in [-0.39, 0.29) is 5.69 Å². The van der Waals surface area contributed by atoms with Crippen LogP contribution in [-0.4, -0.2) is 35.4 Å². The lowest BCUT2D eigenvalue weighted by Gasteiger charge is -2.00. The quantitative estimate of drug-likeness (QED) is 0.760. The molecule has 19 heavy (non-hydrogen) atoms. The SMILES string of the molecule is Cn1ncn(NC(=O)c2cn(CC3CC3)nn2)c1=O. The summed E-state index contributed by atoms with van der Waals surface area (Å²) in [5.41, 5.74) is 2.14. The van der Waals surface area contributed by atoms with Crippen molar-refractivity contribution in [2.45, 2.75) is 19.4 Å². The van der Waals surface area contributed by atoms with Gasteiger partial charge in [-0.2, -0.15) is 9.77 Å². The molecule has 1 N–H and O–H groups in total. The fourth-order valence-corrected chi connectivity index (χ4v) is 1.68. The average molecular weight is 263 g/mol. The fraction of sp³-hybridized carbons (Fsp3) is 0.500. The van der Waals surface area contributed by atoms with Gasteiger partial charge in [0.15, 0.2) is 5.69 Å². The number of carbonyl (C=O) groups is 1. The van der Waals surface area contributed by atoms with Gasteiger partial charge in [-0.25, -0.2) is 9.48 Å². The number of nitrogens with zero attached hydrogens (tertiary/aromatic N) is 6. The largest absolute Gasteiger partial charge is 0.364 e. The molecule has 100 valence electrons. The van der Waals surface area contributed by atoms with Gasteiger partial charge in [0, 0.05) is 13.6 Å². The minimum absolute atomic E-state index is 0.177. The molecule has 2 aromatic rings. The molecule has 9 nitrogen and oxygen atoms in total. The molecule has 0 saturated heterocycles. The minimum Gasteiger partial charge on any atom is -0.265 e. The summed E-state index contributed by atoms with van der Waals surface area (Å²) in [6.07, 6.45) is 5.21. The van der Waals surface area contributed by atoms with E-state index in [2.05, 4.69) is 20.8 Å². The lowest BCUT2D eigenvalue weighted by Crippen LogP contribution is -2.33. The molecular weight excluding hydrogens is 250 g/mol. The summed E-state index contributed by atoms with van der Waals surface area (Å²) >= 11 is 0. The highest BCUT2D eigenvalue weighted by Crippen LogP contribution is 2.30. The number of amides is 1. The van der Waals surface area contributed by atoms with E-state index in [9.17, 15) is 9.59 Å². The maximum Gasteiger partial charge on any atom is 0.364 e. The molecule has 9 heteroatoms. The van der Waals surface area contributed by atoms with Gasteiger partial charge >= 0.3 is 5.69 Å². The highest BCUT2D eigenvalue weighted by atomic mass is 16.2. The molecule has 0 radical (unpaired) electrons. The van der Waals surface area contributed by atoms with E-state index < -0.39 is 11.6 Å². The van der Waals surface area contributed by atoms with E-state index >= 15 is 0 Å². The normalized spacial score (nSPS) is 14.6. The fourth-order valence-electron chi connectivity index (χ4n) is 1.68. The Morgan fingerprint density at radius 1 is 1.53 bits per heavy atom. The maximum absolute atomic E-state index is 11.9. The van der Waals surface area contributed by atoms with E-state index in [0.717, 1.165) is 15.9 Å². The smallest absolute Gasteiger partial charge is 0.265 e. The van der Waals surface area contributed by atoms with Crippen LogP contribution in [0.2, 0.25) is 0 Å². The third-order valence-electron chi connectivity index (χ3n) is 2.96. The number of aromatic nitrogens is 6. The molecule has 1 amide bonds. The predicted molar refractivity (Wildman–Crippen MR) is 63.9 cm³/mol. The molecule has 2 aromatic heterocycles. The van der Waals surface area contributed by atoms with E-state index in [0.29, 0.717) is 5.92 Å². The number of carbonyl (C=O) groups excluding carboxylic acids is 1. The Balaban J connectivity index is 1.71. The number of rotatable bonds is 4. The van der Waals surface area contributed by atoms with Crippen LogP contribution < -0.4 is 11.1 Å².